The zero-order chi connectivity index (χ0) is 21.2. The highest BCUT2D eigenvalue weighted by Crippen LogP contribution is 2.31. The first-order valence-electron chi connectivity index (χ1n) is 8.94. The number of aromatic nitrogens is 1. The third-order valence-electron chi connectivity index (χ3n) is 3.95. The maximum atomic E-state index is 12.7. The van der Waals surface area contributed by atoms with Crippen molar-refractivity contribution in [1.29, 1.82) is 0 Å². The van der Waals surface area contributed by atoms with Crippen LogP contribution in [0.3, 0.4) is 0 Å². The molecule has 0 atom stereocenters. The number of alkyl halides is 2. The molecule has 1 aromatic carbocycles. The van der Waals surface area contributed by atoms with Gasteiger partial charge in [-0.3, -0.25) is 10.1 Å². The smallest absolute Gasteiger partial charge is 0.410 e. The summed E-state index contributed by atoms with van der Waals surface area (Å²) in [7, 11) is 0. The zero-order valence-corrected chi connectivity index (χ0v) is 17.8. The largest absolute Gasteiger partial charge is 0.444 e. The number of halogens is 2. The van der Waals surface area contributed by atoms with Crippen molar-refractivity contribution in [3.8, 4) is 0 Å². The molecule has 2 heterocycles. The van der Waals surface area contributed by atoms with Crippen molar-refractivity contribution >= 4 is 40.2 Å². The summed E-state index contributed by atoms with van der Waals surface area (Å²) >= 11 is 1.60. The third kappa shape index (κ3) is 5.66. The van der Waals surface area contributed by atoms with Gasteiger partial charge in [0.15, 0.2) is 5.13 Å². The Hall–Kier alpha value is -2.20. The summed E-state index contributed by atoms with van der Waals surface area (Å²) in [6.07, 6.45) is 0.166. The van der Waals surface area contributed by atoms with E-state index in [0.717, 1.165) is 10.6 Å². The second kappa shape index (κ2) is 8.66. The molecule has 6 nitrogen and oxygen atoms in total. The van der Waals surface area contributed by atoms with Crippen molar-refractivity contribution in [1.82, 2.24) is 9.88 Å². The third-order valence-corrected chi connectivity index (χ3v) is 5.74. The van der Waals surface area contributed by atoms with E-state index in [0.29, 0.717) is 36.4 Å². The van der Waals surface area contributed by atoms with E-state index >= 15 is 0 Å². The Morgan fingerprint density at radius 1 is 1.31 bits per heavy atom. The van der Waals surface area contributed by atoms with Crippen molar-refractivity contribution in [2.75, 3.05) is 11.9 Å². The maximum absolute atomic E-state index is 12.7. The Morgan fingerprint density at radius 2 is 2.03 bits per heavy atom. The zero-order valence-electron chi connectivity index (χ0n) is 16.2. The summed E-state index contributed by atoms with van der Waals surface area (Å²) in [5.41, 5.74) is 0.412. The van der Waals surface area contributed by atoms with Crippen molar-refractivity contribution in [3.05, 3.63) is 40.4 Å². The Balaban J connectivity index is 1.70. The number of carbonyl (C=O) groups excluding carboxylic acids is 2. The fraction of sp³-hybridized carbons (Fsp3) is 0.421. The van der Waals surface area contributed by atoms with E-state index in [1.807, 2.05) is 20.8 Å². The van der Waals surface area contributed by atoms with Crippen LogP contribution in [0.2, 0.25) is 0 Å². The molecule has 1 N–H and O–H groups in total. The van der Waals surface area contributed by atoms with Gasteiger partial charge in [-0.1, -0.05) is 35.2 Å². The number of rotatable bonds is 4. The molecule has 1 aliphatic rings. The molecule has 0 spiro atoms. The molecular formula is C19H21F2N3O3S2. The second-order valence-corrected chi connectivity index (χ2v) is 9.49. The SMILES string of the molecule is CC(C)(C)OC(=O)N1CCc2nc(NC(=O)c3ccccc3SC(F)F)sc2C1. The summed E-state index contributed by atoms with van der Waals surface area (Å²) in [5.74, 6) is -3.11. The average molecular weight is 442 g/mol. The van der Waals surface area contributed by atoms with E-state index < -0.39 is 17.3 Å². The molecule has 0 saturated heterocycles. The highest BCUT2D eigenvalue weighted by atomic mass is 32.2. The number of benzene rings is 1. The van der Waals surface area contributed by atoms with Crippen LogP contribution < -0.4 is 5.32 Å². The minimum atomic E-state index is -2.62. The fourth-order valence-electron chi connectivity index (χ4n) is 2.75. The van der Waals surface area contributed by atoms with E-state index in [2.05, 4.69) is 10.3 Å². The number of thiazole rings is 1. The number of fused-ring (bicyclic) bond motifs is 1. The minimum Gasteiger partial charge on any atom is -0.444 e. The summed E-state index contributed by atoms with van der Waals surface area (Å²) in [5, 5.41) is 3.06. The van der Waals surface area contributed by atoms with Crippen LogP contribution in [0.25, 0.3) is 0 Å². The van der Waals surface area contributed by atoms with Gasteiger partial charge in [-0.05, 0) is 32.9 Å². The van der Waals surface area contributed by atoms with Crippen molar-refractivity contribution in [3.63, 3.8) is 0 Å². The van der Waals surface area contributed by atoms with Gasteiger partial charge >= 0.3 is 6.09 Å². The van der Waals surface area contributed by atoms with Crippen LogP contribution in [0, 0.1) is 0 Å². The molecule has 0 radical (unpaired) electrons. The number of thioether (sulfide) groups is 1. The normalized spacial score (nSPS) is 13.9. The fourth-order valence-corrected chi connectivity index (χ4v) is 4.40. The Bertz CT molecular complexity index is 912. The number of nitrogens with one attached hydrogen (secondary N) is 1. The molecule has 0 saturated carbocycles. The standard InChI is InChI=1S/C19H21F2N3O3S2/c1-19(2,3)27-18(26)24-9-8-12-14(10-24)29-17(22-12)23-15(25)11-6-4-5-7-13(11)28-16(20)21/h4-7,16H,8-10H2,1-3H3,(H,22,23,25). The maximum Gasteiger partial charge on any atom is 0.410 e. The number of hydrogen-bond donors (Lipinski definition) is 1. The van der Waals surface area contributed by atoms with Crippen LogP contribution in [0.4, 0.5) is 18.7 Å². The highest BCUT2D eigenvalue weighted by Gasteiger charge is 2.28. The van der Waals surface area contributed by atoms with Gasteiger partial charge in [0.25, 0.3) is 11.7 Å². The predicted octanol–water partition coefficient (Wildman–Crippen LogP) is 5.00. The molecule has 29 heavy (non-hydrogen) atoms. The van der Waals surface area contributed by atoms with Gasteiger partial charge in [0.05, 0.1) is 17.8 Å². The molecular weight excluding hydrogens is 420 g/mol. The molecule has 1 aliphatic heterocycles. The predicted molar refractivity (Wildman–Crippen MR) is 109 cm³/mol. The summed E-state index contributed by atoms with van der Waals surface area (Å²) in [6.45, 7) is 6.27. The van der Waals surface area contributed by atoms with Crippen LogP contribution in [-0.4, -0.2) is 39.8 Å². The lowest BCUT2D eigenvalue weighted by Crippen LogP contribution is -2.39. The van der Waals surface area contributed by atoms with E-state index in [9.17, 15) is 18.4 Å². The van der Waals surface area contributed by atoms with E-state index in [1.165, 1.54) is 23.5 Å². The molecule has 0 unspecified atom stereocenters. The van der Waals surface area contributed by atoms with Crippen molar-refractivity contribution in [2.45, 2.75) is 50.0 Å². The molecule has 156 valence electrons. The topological polar surface area (TPSA) is 71.5 Å². The lowest BCUT2D eigenvalue weighted by Gasteiger charge is -2.29. The monoisotopic (exact) mass is 441 g/mol. The summed E-state index contributed by atoms with van der Waals surface area (Å²) in [6, 6.07) is 6.21. The van der Waals surface area contributed by atoms with Gasteiger partial charge in [-0.25, -0.2) is 9.78 Å². The Labute approximate surface area is 175 Å². The number of nitrogens with zero attached hydrogens (tertiary/aromatic N) is 2. The van der Waals surface area contributed by atoms with Crippen LogP contribution in [0.15, 0.2) is 29.2 Å². The first-order chi connectivity index (χ1) is 13.6. The molecule has 2 aromatic rings. The molecule has 3 rings (SSSR count). The minimum absolute atomic E-state index is 0.168. The lowest BCUT2D eigenvalue weighted by atomic mass is 10.2. The lowest BCUT2D eigenvalue weighted by molar-refractivity contribution is 0.0225. The summed E-state index contributed by atoms with van der Waals surface area (Å²) < 4.78 is 30.9. The van der Waals surface area contributed by atoms with Gasteiger partial charge in [0, 0.05) is 22.7 Å². The molecule has 1 aromatic heterocycles. The Kier molecular flexibility index (Phi) is 6.42. The average Bonchev–Trinajstić information content (AvgIpc) is 3.01. The van der Waals surface area contributed by atoms with Gasteiger partial charge in [-0.15, -0.1) is 0 Å². The van der Waals surface area contributed by atoms with Crippen LogP contribution >= 0.6 is 23.1 Å². The quantitative estimate of drug-likeness (QED) is 0.676. The second-order valence-electron chi connectivity index (χ2n) is 7.37. The Morgan fingerprint density at radius 3 is 2.72 bits per heavy atom. The number of amides is 2. The molecule has 0 bridgehead atoms. The first kappa shape index (κ1) is 21.5. The first-order valence-corrected chi connectivity index (χ1v) is 10.6. The van der Waals surface area contributed by atoms with Gasteiger partial charge < -0.3 is 9.64 Å². The summed E-state index contributed by atoms with van der Waals surface area (Å²) in [4.78, 5) is 31.9. The van der Waals surface area contributed by atoms with Crippen molar-refractivity contribution in [2.24, 2.45) is 0 Å². The van der Waals surface area contributed by atoms with Crippen LogP contribution in [0.5, 0.6) is 0 Å². The van der Waals surface area contributed by atoms with Gasteiger partial charge in [0.2, 0.25) is 0 Å². The molecule has 0 fully saturated rings. The highest BCUT2D eigenvalue weighted by molar-refractivity contribution is 7.99. The number of hydrogen-bond acceptors (Lipinski definition) is 6. The number of ether oxygens (including phenoxy) is 1. The molecule has 0 aliphatic carbocycles. The van der Waals surface area contributed by atoms with E-state index in [1.54, 1.807) is 17.0 Å². The number of anilines is 1. The van der Waals surface area contributed by atoms with E-state index in [-0.39, 0.29) is 16.6 Å². The van der Waals surface area contributed by atoms with Crippen LogP contribution in [0.1, 0.15) is 41.7 Å². The van der Waals surface area contributed by atoms with Gasteiger partial charge in [-0.2, -0.15) is 8.78 Å². The molecule has 2 amide bonds. The molecule has 10 heteroatoms. The van der Waals surface area contributed by atoms with Gasteiger partial charge in [0.1, 0.15) is 5.60 Å². The number of carbonyl (C=O) groups is 2. The van der Waals surface area contributed by atoms with Crippen molar-refractivity contribution < 1.29 is 23.1 Å². The van der Waals surface area contributed by atoms with E-state index in [4.69, 9.17) is 4.74 Å². The van der Waals surface area contributed by atoms with Crippen LogP contribution in [-0.2, 0) is 17.7 Å².